The number of aromatic nitrogens is 2. The Hall–Kier alpha value is -0.870. The zero-order chi connectivity index (χ0) is 11.3. The van der Waals surface area contributed by atoms with Gasteiger partial charge in [-0.1, -0.05) is 6.92 Å². The number of aliphatic hydroxyl groups is 1. The molecule has 0 saturated carbocycles. The average Bonchev–Trinajstić information content (AvgIpc) is 2.65. The van der Waals surface area contributed by atoms with E-state index in [1.165, 1.54) is 0 Å². The van der Waals surface area contributed by atoms with Gasteiger partial charge in [0, 0.05) is 11.8 Å². The highest BCUT2D eigenvalue weighted by Gasteiger charge is 2.07. The fourth-order valence-electron chi connectivity index (χ4n) is 1.29. The minimum Gasteiger partial charge on any atom is -0.388 e. The van der Waals surface area contributed by atoms with Crippen LogP contribution >= 0.6 is 0 Å². The van der Waals surface area contributed by atoms with Crippen molar-refractivity contribution in [3.63, 3.8) is 0 Å². The molecule has 0 aromatic carbocycles. The van der Waals surface area contributed by atoms with Crippen LogP contribution in [-0.4, -0.2) is 27.6 Å². The lowest BCUT2D eigenvalue weighted by Crippen LogP contribution is -2.10. The molecule has 0 radical (unpaired) electrons. The summed E-state index contributed by atoms with van der Waals surface area (Å²) in [5, 5.41) is 13.7. The molecule has 4 nitrogen and oxygen atoms in total. The fourth-order valence-corrected chi connectivity index (χ4v) is 1.29. The van der Waals surface area contributed by atoms with Crippen LogP contribution < -0.4 is 0 Å². The van der Waals surface area contributed by atoms with Crippen LogP contribution in [0.2, 0.25) is 0 Å². The molecular weight excluding hydrogens is 192 g/mol. The van der Waals surface area contributed by atoms with E-state index >= 15 is 0 Å². The number of ether oxygens (including phenoxy) is 1. The first kappa shape index (κ1) is 12.2. The molecule has 0 bridgehead atoms. The summed E-state index contributed by atoms with van der Waals surface area (Å²) in [5.41, 5.74) is 0.877. The lowest BCUT2D eigenvalue weighted by atomic mass is 10.2. The SMILES string of the molecule is CCC(O)c1cnn(CCOC(C)C)c1. The molecule has 0 saturated heterocycles. The zero-order valence-electron chi connectivity index (χ0n) is 9.68. The molecule has 1 unspecified atom stereocenters. The van der Waals surface area contributed by atoms with Gasteiger partial charge < -0.3 is 9.84 Å². The number of nitrogens with zero attached hydrogens (tertiary/aromatic N) is 2. The molecule has 86 valence electrons. The van der Waals surface area contributed by atoms with Crippen molar-refractivity contribution in [3.8, 4) is 0 Å². The molecule has 1 rings (SSSR count). The fraction of sp³-hybridized carbons (Fsp3) is 0.727. The number of aliphatic hydroxyl groups excluding tert-OH is 1. The van der Waals surface area contributed by atoms with Crippen molar-refractivity contribution in [1.82, 2.24) is 9.78 Å². The van der Waals surface area contributed by atoms with Gasteiger partial charge in [0.2, 0.25) is 0 Å². The Morgan fingerprint density at radius 1 is 1.53 bits per heavy atom. The molecule has 15 heavy (non-hydrogen) atoms. The second kappa shape index (κ2) is 5.88. The van der Waals surface area contributed by atoms with Crippen LogP contribution in [0.1, 0.15) is 38.9 Å². The molecule has 1 aromatic heterocycles. The van der Waals surface area contributed by atoms with Gasteiger partial charge in [0.25, 0.3) is 0 Å². The largest absolute Gasteiger partial charge is 0.388 e. The molecule has 0 aliphatic rings. The second-order valence-corrected chi connectivity index (χ2v) is 3.88. The molecule has 0 fully saturated rings. The molecule has 0 amide bonds. The van der Waals surface area contributed by atoms with Gasteiger partial charge in [-0.15, -0.1) is 0 Å². The van der Waals surface area contributed by atoms with Gasteiger partial charge in [0.1, 0.15) is 0 Å². The van der Waals surface area contributed by atoms with E-state index < -0.39 is 6.10 Å². The maximum atomic E-state index is 9.57. The number of hydrogen-bond acceptors (Lipinski definition) is 3. The molecule has 1 aromatic rings. The Morgan fingerprint density at radius 2 is 2.27 bits per heavy atom. The summed E-state index contributed by atoms with van der Waals surface area (Å²) < 4.78 is 7.22. The lowest BCUT2D eigenvalue weighted by molar-refractivity contribution is 0.0709. The van der Waals surface area contributed by atoms with E-state index in [-0.39, 0.29) is 6.10 Å². The molecule has 0 spiro atoms. The minimum absolute atomic E-state index is 0.251. The van der Waals surface area contributed by atoms with Crippen LogP contribution in [0.3, 0.4) is 0 Å². The molecule has 1 heterocycles. The highest BCUT2D eigenvalue weighted by Crippen LogP contribution is 2.14. The van der Waals surface area contributed by atoms with Gasteiger partial charge in [-0.05, 0) is 20.3 Å². The average molecular weight is 212 g/mol. The van der Waals surface area contributed by atoms with Gasteiger partial charge in [0.15, 0.2) is 0 Å². The van der Waals surface area contributed by atoms with E-state index in [4.69, 9.17) is 4.74 Å². The van der Waals surface area contributed by atoms with Crippen LogP contribution in [0.25, 0.3) is 0 Å². The first-order chi connectivity index (χ1) is 7.13. The van der Waals surface area contributed by atoms with Crippen molar-refractivity contribution in [2.45, 2.75) is 45.9 Å². The highest BCUT2D eigenvalue weighted by molar-refractivity contribution is 5.07. The van der Waals surface area contributed by atoms with E-state index in [1.54, 1.807) is 10.9 Å². The van der Waals surface area contributed by atoms with E-state index in [2.05, 4.69) is 5.10 Å². The van der Waals surface area contributed by atoms with Crippen LogP contribution in [0.15, 0.2) is 12.4 Å². The van der Waals surface area contributed by atoms with Crippen molar-refractivity contribution in [1.29, 1.82) is 0 Å². The Labute approximate surface area is 90.9 Å². The van der Waals surface area contributed by atoms with Crippen molar-refractivity contribution in [2.24, 2.45) is 0 Å². The summed E-state index contributed by atoms with van der Waals surface area (Å²) in [7, 11) is 0. The number of rotatable bonds is 6. The third kappa shape index (κ3) is 4.01. The summed E-state index contributed by atoms with van der Waals surface area (Å²) in [4.78, 5) is 0. The summed E-state index contributed by atoms with van der Waals surface area (Å²) in [6, 6.07) is 0. The van der Waals surface area contributed by atoms with Crippen LogP contribution in [0.4, 0.5) is 0 Å². The molecule has 1 N–H and O–H groups in total. The first-order valence-electron chi connectivity index (χ1n) is 5.45. The molecule has 4 heteroatoms. The van der Waals surface area contributed by atoms with E-state index in [1.807, 2.05) is 27.0 Å². The normalized spacial score (nSPS) is 13.4. The Bertz CT molecular complexity index is 284. The van der Waals surface area contributed by atoms with Gasteiger partial charge in [-0.2, -0.15) is 5.10 Å². The minimum atomic E-state index is -0.398. The van der Waals surface area contributed by atoms with Crippen molar-refractivity contribution in [3.05, 3.63) is 18.0 Å². The van der Waals surface area contributed by atoms with Crippen LogP contribution in [-0.2, 0) is 11.3 Å². The molecule has 1 atom stereocenters. The summed E-state index contributed by atoms with van der Waals surface area (Å²) in [6.07, 6.45) is 4.15. The predicted octanol–water partition coefficient (Wildman–Crippen LogP) is 1.75. The first-order valence-corrected chi connectivity index (χ1v) is 5.45. The topological polar surface area (TPSA) is 47.3 Å². The van der Waals surface area contributed by atoms with Gasteiger partial charge in [-0.25, -0.2) is 0 Å². The Morgan fingerprint density at radius 3 is 2.87 bits per heavy atom. The number of hydrogen-bond donors (Lipinski definition) is 1. The molecule has 0 aliphatic heterocycles. The Kier molecular flexibility index (Phi) is 4.78. The van der Waals surface area contributed by atoms with Crippen molar-refractivity contribution in [2.75, 3.05) is 6.61 Å². The van der Waals surface area contributed by atoms with Gasteiger partial charge in [0.05, 0.1) is 31.6 Å². The van der Waals surface area contributed by atoms with E-state index in [9.17, 15) is 5.11 Å². The predicted molar refractivity (Wildman–Crippen MR) is 58.6 cm³/mol. The van der Waals surface area contributed by atoms with Crippen molar-refractivity contribution >= 4 is 0 Å². The molecular formula is C11H20N2O2. The third-order valence-corrected chi connectivity index (χ3v) is 2.20. The maximum Gasteiger partial charge on any atom is 0.0817 e. The van der Waals surface area contributed by atoms with Crippen LogP contribution in [0, 0.1) is 0 Å². The Balaban J connectivity index is 2.39. The van der Waals surface area contributed by atoms with E-state index in [0.717, 1.165) is 12.1 Å². The van der Waals surface area contributed by atoms with Gasteiger partial charge in [-0.3, -0.25) is 4.68 Å². The quantitative estimate of drug-likeness (QED) is 0.781. The summed E-state index contributed by atoms with van der Waals surface area (Å²) in [6.45, 7) is 7.35. The monoisotopic (exact) mass is 212 g/mol. The van der Waals surface area contributed by atoms with Crippen LogP contribution in [0.5, 0.6) is 0 Å². The summed E-state index contributed by atoms with van der Waals surface area (Å²) in [5.74, 6) is 0. The lowest BCUT2D eigenvalue weighted by Gasteiger charge is -2.07. The maximum absolute atomic E-state index is 9.57. The van der Waals surface area contributed by atoms with Crippen molar-refractivity contribution < 1.29 is 9.84 Å². The summed E-state index contributed by atoms with van der Waals surface area (Å²) >= 11 is 0. The van der Waals surface area contributed by atoms with E-state index in [0.29, 0.717) is 13.0 Å². The zero-order valence-corrected chi connectivity index (χ0v) is 9.68. The van der Waals surface area contributed by atoms with Gasteiger partial charge >= 0.3 is 0 Å². The highest BCUT2D eigenvalue weighted by atomic mass is 16.5. The smallest absolute Gasteiger partial charge is 0.0817 e. The third-order valence-electron chi connectivity index (χ3n) is 2.20. The molecule has 0 aliphatic carbocycles. The standard InChI is InChI=1S/C11H20N2O2/c1-4-11(14)10-7-12-13(8-10)5-6-15-9(2)3/h7-9,11,14H,4-6H2,1-3H3. The second-order valence-electron chi connectivity index (χ2n) is 3.88.